The van der Waals surface area contributed by atoms with E-state index in [2.05, 4.69) is 0 Å². The van der Waals surface area contributed by atoms with E-state index >= 15 is 0 Å². The Balaban J connectivity index is 3.32. The number of ether oxygens (including phenoxy) is 3. The number of benzene rings is 1. The summed E-state index contributed by atoms with van der Waals surface area (Å²) in [5.74, 6) is -3.33. The lowest BCUT2D eigenvalue weighted by Crippen LogP contribution is -2.38. The predicted octanol–water partition coefficient (Wildman–Crippen LogP) is 4.36. The molecule has 0 amide bonds. The third kappa shape index (κ3) is 7.50. The Morgan fingerprint density at radius 2 is 1.46 bits per heavy atom. The Morgan fingerprint density at radius 1 is 0.964 bits per heavy atom. The van der Waals surface area contributed by atoms with Crippen molar-refractivity contribution in [2.45, 2.75) is 66.1 Å². The largest absolute Gasteiger partial charge is 0.462 e. The molecule has 0 aromatic heterocycles. The maximum atomic E-state index is 12.7. The van der Waals surface area contributed by atoms with Gasteiger partial charge in [0, 0.05) is 5.02 Å². The minimum atomic E-state index is -1.27. The van der Waals surface area contributed by atoms with Crippen LogP contribution in [-0.2, 0) is 30.2 Å². The van der Waals surface area contributed by atoms with E-state index in [0.717, 1.165) is 0 Å². The topological polar surface area (TPSA) is 78.9 Å². The van der Waals surface area contributed by atoms with Gasteiger partial charge >= 0.3 is 17.9 Å². The molecule has 0 spiro atoms. The summed E-state index contributed by atoms with van der Waals surface area (Å²) in [5, 5.41) is 0.252. The highest BCUT2D eigenvalue weighted by Gasteiger charge is 2.36. The summed E-state index contributed by atoms with van der Waals surface area (Å²) in [5.41, 5.74) is -1.04. The fourth-order valence-corrected chi connectivity index (χ4v) is 2.63. The molecule has 0 unspecified atom stereocenters. The Hall–Kier alpha value is -2.08. The lowest BCUT2D eigenvalue weighted by atomic mass is 9.94. The molecule has 28 heavy (non-hydrogen) atoms. The monoisotopic (exact) mass is 412 g/mol. The van der Waals surface area contributed by atoms with Gasteiger partial charge < -0.3 is 14.2 Å². The number of halogens is 1. The summed E-state index contributed by atoms with van der Waals surface area (Å²) >= 11 is 6.28. The maximum Gasteiger partial charge on any atom is 0.338 e. The first-order valence-corrected chi connectivity index (χ1v) is 9.53. The number of carbonyl (C=O) groups is 3. The van der Waals surface area contributed by atoms with Gasteiger partial charge in [-0.3, -0.25) is 9.59 Å². The van der Waals surface area contributed by atoms with Crippen LogP contribution in [0.4, 0.5) is 0 Å². The summed E-state index contributed by atoms with van der Waals surface area (Å²) in [6.45, 7) is 12.1. The van der Waals surface area contributed by atoms with Gasteiger partial charge in [-0.25, -0.2) is 4.79 Å². The molecule has 1 rings (SSSR count). The number of esters is 3. The predicted molar refractivity (Wildman–Crippen MR) is 106 cm³/mol. The molecular weight excluding hydrogens is 384 g/mol. The summed E-state index contributed by atoms with van der Waals surface area (Å²) in [7, 11) is 0. The molecule has 0 aliphatic carbocycles. The summed E-state index contributed by atoms with van der Waals surface area (Å²) < 4.78 is 15.9. The Morgan fingerprint density at radius 3 is 1.89 bits per heavy atom. The average molecular weight is 413 g/mol. The fourth-order valence-electron chi connectivity index (χ4n) is 2.38. The van der Waals surface area contributed by atoms with Gasteiger partial charge in [-0.05, 0) is 72.6 Å². The summed E-state index contributed by atoms with van der Waals surface area (Å²) in [6.07, 6.45) is -0.141. The Bertz CT molecular complexity index is 699. The van der Waals surface area contributed by atoms with Crippen molar-refractivity contribution < 1.29 is 28.6 Å². The highest BCUT2D eigenvalue weighted by Crippen LogP contribution is 2.27. The standard InChI is InChI=1S/C21H29ClO6/c1-8-26-17(23)13-10-9-11-16(22)14(13)12-15(18(24)27-20(2,3)4)19(25)28-21(5,6)7/h9-11,15H,8,12H2,1-7H3. The lowest BCUT2D eigenvalue weighted by molar-refractivity contribution is -0.174. The Labute approximate surface area is 171 Å². The van der Waals surface area contributed by atoms with Crippen LogP contribution in [0.15, 0.2) is 18.2 Å². The van der Waals surface area contributed by atoms with Gasteiger partial charge in [-0.15, -0.1) is 0 Å². The average Bonchev–Trinajstić information content (AvgIpc) is 2.50. The summed E-state index contributed by atoms with van der Waals surface area (Å²) in [6, 6.07) is 4.73. The van der Waals surface area contributed by atoms with E-state index in [1.165, 1.54) is 0 Å². The van der Waals surface area contributed by atoms with Crippen LogP contribution in [-0.4, -0.2) is 35.7 Å². The minimum Gasteiger partial charge on any atom is -0.462 e. The van der Waals surface area contributed by atoms with E-state index in [4.69, 9.17) is 25.8 Å². The number of carbonyl (C=O) groups excluding carboxylic acids is 3. The molecule has 6 nitrogen and oxygen atoms in total. The van der Waals surface area contributed by atoms with Gasteiger partial charge in [0.05, 0.1) is 12.2 Å². The smallest absolute Gasteiger partial charge is 0.338 e. The normalized spacial score (nSPS) is 11.9. The van der Waals surface area contributed by atoms with E-state index in [9.17, 15) is 14.4 Å². The van der Waals surface area contributed by atoms with Crippen LogP contribution in [0.1, 0.15) is 64.4 Å². The van der Waals surface area contributed by atoms with Crippen molar-refractivity contribution in [1.82, 2.24) is 0 Å². The number of hydrogen-bond donors (Lipinski definition) is 0. The highest BCUT2D eigenvalue weighted by molar-refractivity contribution is 6.31. The molecule has 0 saturated heterocycles. The summed E-state index contributed by atoms with van der Waals surface area (Å²) in [4.78, 5) is 37.7. The lowest BCUT2D eigenvalue weighted by Gasteiger charge is -2.26. The van der Waals surface area contributed by atoms with Gasteiger partial charge in [0.25, 0.3) is 0 Å². The molecule has 1 aromatic rings. The first-order valence-electron chi connectivity index (χ1n) is 9.15. The highest BCUT2D eigenvalue weighted by atomic mass is 35.5. The molecule has 0 saturated carbocycles. The van der Waals surface area contributed by atoms with E-state index in [1.54, 1.807) is 66.7 Å². The van der Waals surface area contributed by atoms with Gasteiger partial charge in [-0.1, -0.05) is 17.7 Å². The third-order valence-electron chi connectivity index (χ3n) is 3.41. The second-order valence-corrected chi connectivity index (χ2v) is 8.72. The third-order valence-corrected chi connectivity index (χ3v) is 3.76. The van der Waals surface area contributed by atoms with Crippen LogP contribution in [0.5, 0.6) is 0 Å². The number of hydrogen-bond acceptors (Lipinski definition) is 6. The van der Waals surface area contributed by atoms with Crippen molar-refractivity contribution in [1.29, 1.82) is 0 Å². The first-order chi connectivity index (χ1) is 12.7. The second-order valence-electron chi connectivity index (χ2n) is 8.31. The zero-order valence-electron chi connectivity index (χ0n) is 17.6. The first kappa shape index (κ1) is 24.0. The van der Waals surface area contributed by atoms with Gasteiger partial charge in [-0.2, -0.15) is 0 Å². The quantitative estimate of drug-likeness (QED) is 0.392. The van der Waals surface area contributed by atoms with Crippen molar-refractivity contribution in [2.75, 3.05) is 6.61 Å². The zero-order chi connectivity index (χ0) is 21.7. The van der Waals surface area contributed by atoms with Gasteiger partial charge in [0.15, 0.2) is 5.92 Å². The van der Waals surface area contributed by atoms with E-state index in [1.807, 2.05) is 0 Å². The second kappa shape index (κ2) is 9.41. The molecule has 7 heteroatoms. The fraction of sp³-hybridized carbons (Fsp3) is 0.571. The van der Waals surface area contributed by atoms with Crippen LogP contribution >= 0.6 is 11.6 Å². The molecule has 0 N–H and O–H groups in total. The minimum absolute atomic E-state index is 0.141. The molecule has 0 fully saturated rings. The molecule has 1 aromatic carbocycles. The molecule has 0 atom stereocenters. The van der Waals surface area contributed by atoms with Crippen LogP contribution in [0.3, 0.4) is 0 Å². The Kier molecular flexibility index (Phi) is 8.05. The van der Waals surface area contributed by atoms with Gasteiger partial charge in [0.2, 0.25) is 0 Å². The zero-order valence-corrected chi connectivity index (χ0v) is 18.3. The molecule has 0 heterocycles. The van der Waals surface area contributed by atoms with Crippen LogP contribution in [0.2, 0.25) is 5.02 Å². The van der Waals surface area contributed by atoms with Crippen LogP contribution < -0.4 is 0 Å². The van der Waals surface area contributed by atoms with Crippen molar-refractivity contribution in [3.05, 3.63) is 34.3 Å². The number of rotatable bonds is 6. The van der Waals surface area contributed by atoms with Crippen LogP contribution in [0, 0.1) is 5.92 Å². The SMILES string of the molecule is CCOC(=O)c1cccc(Cl)c1CC(C(=O)OC(C)(C)C)C(=O)OC(C)(C)C. The van der Waals surface area contributed by atoms with E-state index in [0.29, 0.717) is 5.56 Å². The van der Waals surface area contributed by atoms with Crippen molar-refractivity contribution in [3.8, 4) is 0 Å². The van der Waals surface area contributed by atoms with Gasteiger partial charge in [0.1, 0.15) is 11.2 Å². The molecule has 0 radical (unpaired) electrons. The molecule has 0 aliphatic rings. The van der Waals surface area contributed by atoms with Crippen molar-refractivity contribution in [3.63, 3.8) is 0 Å². The maximum absolute atomic E-state index is 12.7. The van der Waals surface area contributed by atoms with E-state index < -0.39 is 35.0 Å². The molecular formula is C21H29ClO6. The van der Waals surface area contributed by atoms with Crippen molar-refractivity contribution >= 4 is 29.5 Å². The van der Waals surface area contributed by atoms with E-state index in [-0.39, 0.29) is 23.6 Å². The molecule has 156 valence electrons. The van der Waals surface area contributed by atoms with Crippen molar-refractivity contribution in [2.24, 2.45) is 5.92 Å². The van der Waals surface area contributed by atoms with Crippen LogP contribution in [0.25, 0.3) is 0 Å². The molecule has 0 bridgehead atoms. The molecule has 0 aliphatic heterocycles.